The summed E-state index contributed by atoms with van der Waals surface area (Å²) in [6, 6.07) is 10.0. The fraction of sp³-hybridized carbons (Fsp3) is 0.545. The molecule has 0 fully saturated rings. The van der Waals surface area contributed by atoms with Crippen LogP contribution in [0.1, 0.15) is 104 Å². The summed E-state index contributed by atoms with van der Waals surface area (Å²) in [7, 11) is 0. The molecular formula is C33H52N4O3S. The van der Waals surface area contributed by atoms with Gasteiger partial charge < -0.3 is 19.9 Å². The zero-order valence-corrected chi connectivity index (χ0v) is 27.6. The summed E-state index contributed by atoms with van der Waals surface area (Å²) >= 11 is 1.36. The summed E-state index contributed by atoms with van der Waals surface area (Å²) in [6.07, 6.45) is 8.04. The molecule has 0 aliphatic carbocycles. The predicted molar refractivity (Wildman–Crippen MR) is 174 cm³/mol. The predicted octanol–water partition coefficient (Wildman–Crippen LogP) is 8.52. The lowest BCUT2D eigenvalue weighted by molar-refractivity contribution is -0.115. The molecule has 3 rings (SSSR count). The van der Waals surface area contributed by atoms with Gasteiger partial charge in [-0.1, -0.05) is 64.8 Å². The van der Waals surface area contributed by atoms with Crippen LogP contribution in [0.15, 0.2) is 48.1 Å². The molecule has 0 radical (unpaired) electrons. The molecule has 0 saturated heterocycles. The molecule has 8 heteroatoms. The fourth-order valence-electron chi connectivity index (χ4n) is 3.84. The van der Waals surface area contributed by atoms with Gasteiger partial charge in [0.15, 0.2) is 5.13 Å². The molecule has 3 aromatic rings. The molecule has 0 aliphatic heterocycles. The van der Waals surface area contributed by atoms with Crippen LogP contribution in [-0.2, 0) is 9.53 Å². The van der Waals surface area contributed by atoms with Crippen molar-refractivity contribution >= 4 is 28.3 Å². The summed E-state index contributed by atoms with van der Waals surface area (Å²) in [6.45, 7) is 21.0. The van der Waals surface area contributed by atoms with Crippen molar-refractivity contribution in [3.8, 4) is 11.3 Å². The molecule has 2 heterocycles. The molecule has 2 aromatic heterocycles. The van der Waals surface area contributed by atoms with Crippen molar-refractivity contribution in [3.05, 3.63) is 59.2 Å². The molecule has 2 amide bonds. The van der Waals surface area contributed by atoms with Gasteiger partial charge in [0.25, 0.3) is 5.91 Å². The Labute approximate surface area is 252 Å². The van der Waals surface area contributed by atoms with Crippen molar-refractivity contribution < 1.29 is 14.3 Å². The van der Waals surface area contributed by atoms with E-state index in [9.17, 15) is 9.59 Å². The third kappa shape index (κ3) is 13.5. The smallest absolute Gasteiger partial charge is 0.253 e. The zero-order valence-electron chi connectivity index (χ0n) is 26.8. The monoisotopic (exact) mass is 584 g/mol. The number of ether oxygens (including phenoxy) is 1. The summed E-state index contributed by atoms with van der Waals surface area (Å²) in [5.41, 5.74) is 3.51. The van der Waals surface area contributed by atoms with Crippen LogP contribution in [0, 0.1) is 12.8 Å². The Kier molecular flexibility index (Phi) is 16.9. The van der Waals surface area contributed by atoms with Crippen LogP contribution in [0.2, 0.25) is 0 Å². The third-order valence-corrected chi connectivity index (χ3v) is 7.28. The van der Waals surface area contributed by atoms with E-state index in [0.717, 1.165) is 29.2 Å². The van der Waals surface area contributed by atoms with E-state index in [1.54, 1.807) is 12.3 Å². The second kappa shape index (κ2) is 19.2. The van der Waals surface area contributed by atoms with E-state index in [1.165, 1.54) is 24.2 Å². The second-order valence-corrected chi connectivity index (χ2v) is 11.4. The Morgan fingerprint density at radius 2 is 1.73 bits per heavy atom. The van der Waals surface area contributed by atoms with E-state index in [1.807, 2.05) is 75.0 Å². The van der Waals surface area contributed by atoms with Gasteiger partial charge in [0, 0.05) is 29.4 Å². The minimum absolute atomic E-state index is 0.106. The minimum atomic E-state index is -0.309. The molecule has 1 aromatic carbocycles. The first kappa shape index (κ1) is 36.1. The van der Waals surface area contributed by atoms with E-state index < -0.39 is 0 Å². The number of benzene rings is 1. The molecule has 228 valence electrons. The van der Waals surface area contributed by atoms with Crippen molar-refractivity contribution in [2.24, 2.45) is 5.92 Å². The molecule has 7 nitrogen and oxygen atoms in total. The van der Waals surface area contributed by atoms with E-state index in [2.05, 4.69) is 50.2 Å². The number of nitrogens with one attached hydrogen (secondary N) is 2. The molecule has 0 aliphatic rings. The van der Waals surface area contributed by atoms with E-state index >= 15 is 0 Å². The highest BCUT2D eigenvalue weighted by Crippen LogP contribution is 2.25. The highest BCUT2D eigenvalue weighted by atomic mass is 32.1. The Morgan fingerprint density at radius 3 is 2.32 bits per heavy atom. The first-order chi connectivity index (χ1) is 19.5. The van der Waals surface area contributed by atoms with Gasteiger partial charge in [0.1, 0.15) is 0 Å². The van der Waals surface area contributed by atoms with Gasteiger partial charge in [0.2, 0.25) is 5.91 Å². The Hall–Kier alpha value is -2.97. The van der Waals surface area contributed by atoms with Crippen LogP contribution < -0.4 is 10.6 Å². The number of amides is 2. The van der Waals surface area contributed by atoms with E-state index in [0.29, 0.717) is 22.9 Å². The topological polar surface area (TPSA) is 85.3 Å². The zero-order chi connectivity index (χ0) is 30.9. The van der Waals surface area contributed by atoms with Gasteiger partial charge in [-0.05, 0) is 65.5 Å². The number of carbonyl (C=O) groups excluding carboxylic acids is 2. The average molecular weight is 585 g/mol. The van der Waals surface area contributed by atoms with Gasteiger partial charge in [0.05, 0.1) is 30.0 Å². The van der Waals surface area contributed by atoms with Crippen molar-refractivity contribution in [2.75, 3.05) is 11.9 Å². The number of carbonyl (C=O) groups is 2. The van der Waals surface area contributed by atoms with Gasteiger partial charge in [-0.25, -0.2) is 4.98 Å². The lowest BCUT2D eigenvalue weighted by atomic mass is 10.0. The Morgan fingerprint density at radius 1 is 1.02 bits per heavy atom. The maximum Gasteiger partial charge on any atom is 0.253 e. The van der Waals surface area contributed by atoms with E-state index in [-0.39, 0.29) is 24.4 Å². The SMILES string of the molecule is CC.CCC(C)CC(C)OC(C)CC.Cc1cccc(-c2csc(NC(=O)CNC(=O)c3ccn(C(C)C)c3)n2)c1. The summed E-state index contributed by atoms with van der Waals surface area (Å²) < 4.78 is 7.71. The van der Waals surface area contributed by atoms with Crippen molar-refractivity contribution in [3.63, 3.8) is 0 Å². The molecule has 41 heavy (non-hydrogen) atoms. The number of aryl methyl sites for hydroxylation is 1. The van der Waals surface area contributed by atoms with E-state index in [4.69, 9.17) is 4.74 Å². The van der Waals surface area contributed by atoms with Crippen LogP contribution in [-0.4, -0.2) is 40.1 Å². The first-order valence-corrected chi connectivity index (χ1v) is 15.8. The van der Waals surface area contributed by atoms with Crippen LogP contribution in [0.5, 0.6) is 0 Å². The number of hydrogen-bond donors (Lipinski definition) is 2. The first-order valence-electron chi connectivity index (χ1n) is 15.0. The van der Waals surface area contributed by atoms with Crippen LogP contribution in [0.4, 0.5) is 5.13 Å². The summed E-state index contributed by atoms with van der Waals surface area (Å²) in [4.78, 5) is 28.7. The maximum atomic E-state index is 12.1. The van der Waals surface area contributed by atoms with Crippen molar-refractivity contribution in [1.29, 1.82) is 0 Å². The number of rotatable bonds is 12. The largest absolute Gasteiger partial charge is 0.376 e. The molecule has 3 unspecified atom stereocenters. The summed E-state index contributed by atoms with van der Waals surface area (Å²) in [5, 5.41) is 7.77. The number of thiazole rings is 1. The average Bonchev–Trinajstić information content (AvgIpc) is 3.64. The standard InChI is InChI=1S/C20H22N4O2S.C11H24O.C2H6/c1-13(2)24-8-7-16(11-24)19(26)21-10-18(25)23-20-22-17(12-27-20)15-6-4-5-14(3)9-15;1-6-9(3)8-11(5)12-10(4)7-2;1-2/h4-9,11-13H,10H2,1-3H3,(H,21,26)(H,22,23,25);9-11H,6-8H2,1-5H3;1-2H3. The third-order valence-electron chi connectivity index (χ3n) is 6.52. The molecular weight excluding hydrogens is 532 g/mol. The van der Waals surface area contributed by atoms with Crippen molar-refractivity contribution in [2.45, 2.75) is 107 Å². The fourth-order valence-corrected chi connectivity index (χ4v) is 4.58. The van der Waals surface area contributed by atoms with Crippen LogP contribution >= 0.6 is 11.3 Å². The van der Waals surface area contributed by atoms with Gasteiger partial charge >= 0.3 is 0 Å². The number of aromatic nitrogens is 2. The highest BCUT2D eigenvalue weighted by Gasteiger charge is 2.13. The lowest BCUT2D eigenvalue weighted by Gasteiger charge is -2.20. The highest BCUT2D eigenvalue weighted by molar-refractivity contribution is 7.14. The molecule has 3 atom stereocenters. The van der Waals surface area contributed by atoms with Gasteiger partial charge in [-0.2, -0.15) is 0 Å². The Bertz CT molecular complexity index is 1160. The quantitative estimate of drug-likeness (QED) is 0.223. The van der Waals surface area contributed by atoms with Gasteiger partial charge in [-0.3, -0.25) is 9.59 Å². The van der Waals surface area contributed by atoms with Crippen LogP contribution in [0.25, 0.3) is 11.3 Å². The number of nitrogens with zero attached hydrogens (tertiary/aromatic N) is 2. The normalized spacial score (nSPS) is 12.8. The molecule has 0 saturated carbocycles. The van der Waals surface area contributed by atoms with Gasteiger partial charge in [-0.15, -0.1) is 11.3 Å². The Balaban J connectivity index is 0.000000508. The molecule has 0 spiro atoms. The number of anilines is 1. The molecule has 0 bridgehead atoms. The molecule has 2 N–H and O–H groups in total. The summed E-state index contributed by atoms with van der Waals surface area (Å²) in [5.74, 6) is 0.213. The van der Waals surface area contributed by atoms with Crippen molar-refractivity contribution in [1.82, 2.24) is 14.9 Å². The minimum Gasteiger partial charge on any atom is -0.376 e. The number of hydrogen-bond acceptors (Lipinski definition) is 5. The van der Waals surface area contributed by atoms with Crippen LogP contribution in [0.3, 0.4) is 0 Å². The second-order valence-electron chi connectivity index (χ2n) is 10.5. The lowest BCUT2D eigenvalue weighted by Crippen LogP contribution is -2.32. The maximum absolute atomic E-state index is 12.1.